The number of carbonyl (C=O) groups excluding carboxylic acids is 1. The topological polar surface area (TPSA) is 59.8 Å². The van der Waals surface area contributed by atoms with Gasteiger partial charge in [0, 0.05) is 18.2 Å². The average Bonchev–Trinajstić information content (AvgIpc) is 2.73. The number of aromatic nitrogens is 3. The highest BCUT2D eigenvalue weighted by atomic mass is 19.1. The van der Waals surface area contributed by atoms with E-state index in [1.54, 1.807) is 6.92 Å². The van der Waals surface area contributed by atoms with Gasteiger partial charge in [-0.25, -0.2) is 14.4 Å². The van der Waals surface area contributed by atoms with E-state index >= 15 is 0 Å². The number of fused-ring (bicyclic) bond motifs is 1. The van der Waals surface area contributed by atoms with E-state index < -0.39 is 5.67 Å². The quantitative estimate of drug-likeness (QED) is 0.924. The highest BCUT2D eigenvalue weighted by Gasteiger charge is 2.41. The third-order valence-corrected chi connectivity index (χ3v) is 5.27. The number of alkyl halides is 1. The fourth-order valence-electron chi connectivity index (χ4n) is 3.87. The minimum atomic E-state index is -1.09. The zero-order valence-corrected chi connectivity index (χ0v) is 14.2. The lowest BCUT2D eigenvalue weighted by Gasteiger charge is -2.38. The van der Waals surface area contributed by atoms with Crippen LogP contribution in [-0.2, 0) is 4.79 Å². The highest BCUT2D eigenvalue weighted by Crippen LogP contribution is 2.42. The summed E-state index contributed by atoms with van der Waals surface area (Å²) in [5.41, 5.74) is 1.50. The first-order chi connectivity index (χ1) is 11.4. The molecule has 0 bridgehead atoms. The summed E-state index contributed by atoms with van der Waals surface area (Å²) in [5, 5.41) is 2.95. The predicted molar refractivity (Wildman–Crippen MR) is 90.6 cm³/mol. The summed E-state index contributed by atoms with van der Waals surface area (Å²) >= 11 is 0. The van der Waals surface area contributed by atoms with Gasteiger partial charge in [0.2, 0.25) is 11.9 Å². The van der Waals surface area contributed by atoms with Crippen LogP contribution in [0.2, 0.25) is 0 Å². The van der Waals surface area contributed by atoms with Crippen LogP contribution in [0.3, 0.4) is 0 Å². The van der Waals surface area contributed by atoms with E-state index in [1.165, 1.54) is 6.42 Å². The Morgan fingerprint density at radius 3 is 2.75 bits per heavy atom. The van der Waals surface area contributed by atoms with Crippen LogP contribution >= 0.6 is 0 Å². The molecule has 4 rings (SSSR count). The van der Waals surface area contributed by atoms with Crippen LogP contribution < -0.4 is 5.32 Å². The van der Waals surface area contributed by atoms with Gasteiger partial charge in [-0.05, 0) is 64.0 Å². The molecule has 0 aliphatic heterocycles. The van der Waals surface area contributed by atoms with Crippen molar-refractivity contribution in [2.45, 2.75) is 64.1 Å². The van der Waals surface area contributed by atoms with Crippen molar-refractivity contribution in [3.05, 3.63) is 17.8 Å². The molecule has 0 atom stereocenters. The Hall–Kier alpha value is -1.98. The second-order valence-corrected chi connectivity index (χ2v) is 7.63. The molecule has 1 amide bonds. The van der Waals surface area contributed by atoms with Crippen molar-refractivity contribution in [1.29, 1.82) is 0 Å². The first kappa shape index (κ1) is 15.5. The summed E-state index contributed by atoms with van der Waals surface area (Å²) in [5.74, 6) is 0.644. The van der Waals surface area contributed by atoms with Crippen molar-refractivity contribution in [2.24, 2.45) is 5.92 Å². The standard InChI is InChI=1S/C18H23FN4O/c1-11-6-7-14-16(20-11)23(13-4-3-5-13)17(21-14)22-15(24)8-12-9-18(2,19)10-12/h6-7,12-13H,3-5,8-10H2,1-2H3,(H,21,22,24). The van der Waals surface area contributed by atoms with E-state index in [1.807, 2.05) is 19.1 Å². The van der Waals surface area contributed by atoms with Crippen molar-refractivity contribution in [1.82, 2.24) is 14.5 Å². The van der Waals surface area contributed by atoms with Crippen LogP contribution in [0.25, 0.3) is 11.2 Å². The Morgan fingerprint density at radius 2 is 2.12 bits per heavy atom. The van der Waals surface area contributed by atoms with E-state index in [4.69, 9.17) is 0 Å². The van der Waals surface area contributed by atoms with Crippen LogP contribution in [0.4, 0.5) is 10.3 Å². The van der Waals surface area contributed by atoms with Crippen molar-refractivity contribution in [2.75, 3.05) is 5.32 Å². The normalized spacial score (nSPS) is 26.9. The molecule has 24 heavy (non-hydrogen) atoms. The lowest BCUT2D eigenvalue weighted by molar-refractivity contribution is -0.119. The molecule has 2 fully saturated rings. The molecule has 2 aliphatic carbocycles. The highest BCUT2D eigenvalue weighted by molar-refractivity contribution is 5.91. The molecule has 0 spiro atoms. The first-order valence-electron chi connectivity index (χ1n) is 8.76. The number of hydrogen-bond donors (Lipinski definition) is 1. The fourth-order valence-corrected chi connectivity index (χ4v) is 3.87. The van der Waals surface area contributed by atoms with E-state index in [0.29, 0.717) is 31.3 Å². The van der Waals surface area contributed by atoms with Crippen LogP contribution in [-0.4, -0.2) is 26.1 Å². The van der Waals surface area contributed by atoms with Gasteiger partial charge in [-0.15, -0.1) is 0 Å². The number of nitrogens with one attached hydrogen (secondary N) is 1. The number of amides is 1. The molecule has 2 saturated carbocycles. The van der Waals surface area contributed by atoms with Crippen LogP contribution in [0.1, 0.15) is 57.2 Å². The lowest BCUT2D eigenvalue weighted by atomic mass is 9.72. The molecule has 0 saturated heterocycles. The zero-order valence-electron chi connectivity index (χ0n) is 14.2. The number of rotatable bonds is 4. The number of pyridine rings is 1. The average molecular weight is 330 g/mol. The molecule has 0 radical (unpaired) electrons. The van der Waals surface area contributed by atoms with Crippen molar-refractivity contribution in [3.8, 4) is 0 Å². The molecule has 2 aromatic rings. The predicted octanol–water partition coefficient (Wildman–Crippen LogP) is 3.93. The maximum atomic E-state index is 13.6. The van der Waals surface area contributed by atoms with Gasteiger partial charge in [-0.2, -0.15) is 0 Å². The van der Waals surface area contributed by atoms with Crippen molar-refractivity contribution >= 4 is 23.0 Å². The Bertz CT molecular complexity index is 786. The smallest absolute Gasteiger partial charge is 0.226 e. The lowest BCUT2D eigenvalue weighted by Crippen LogP contribution is -2.38. The molecular formula is C18H23FN4O. The van der Waals surface area contributed by atoms with E-state index in [0.717, 1.165) is 29.7 Å². The summed E-state index contributed by atoms with van der Waals surface area (Å²) in [6.07, 6.45) is 4.68. The number of anilines is 1. The van der Waals surface area contributed by atoms with Gasteiger partial charge >= 0.3 is 0 Å². The Kier molecular flexibility index (Phi) is 3.58. The van der Waals surface area contributed by atoms with Gasteiger partial charge in [-0.1, -0.05) is 0 Å². The number of nitrogens with zero attached hydrogens (tertiary/aromatic N) is 3. The molecule has 5 nitrogen and oxygen atoms in total. The Morgan fingerprint density at radius 1 is 1.38 bits per heavy atom. The van der Waals surface area contributed by atoms with Crippen molar-refractivity contribution in [3.63, 3.8) is 0 Å². The van der Waals surface area contributed by atoms with Gasteiger partial charge in [0.25, 0.3) is 0 Å². The summed E-state index contributed by atoms with van der Waals surface area (Å²) in [4.78, 5) is 21.5. The third kappa shape index (κ3) is 2.78. The summed E-state index contributed by atoms with van der Waals surface area (Å²) in [6, 6.07) is 4.24. The van der Waals surface area contributed by atoms with E-state index in [2.05, 4.69) is 19.9 Å². The fraction of sp³-hybridized carbons (Fsp3) is 0.611. The molecule has 2 aromatic heterocycles. The minimum Gasteiger partial charge on any atom is -0.296 e. The van der Waals surface area contributed by atoms with Gasteiger partial charge < -0.3 is 0 Å². The molecule has 0 unspecified atom stereocenters. The zero-order chi connectivity index (χ0) is 16.9. The molecule has 0 aromatic carbocycles. The van der Waals surface area contributed by atoms with Gasteiger partial charge in [0.05, 0.1) is 0 Å². The second kappa shape index (κ2) is 5.53. The number of carbonyl (C=O) groups is 1. The summed E-state index contributed by atoms with van der Waals surface area (Å²) in [7, 11) is 0. The van der Waals surface area contributed by atoms with Gasteiger partial charge in [0.1, 0.15) is 11.2 Å². The van der Waals surface area contributed by atoms with E-state index in [-0.39, 0.29) is 11.8 Å². The maximum Gasteiger partial charge on any atom is 0.226 e. The maximum absolute atomic E-state index is 13.6. The Labute approximate surface area is 140 Å². The van der Waals surface area contributed by atoms with E-state index in [9.17, 15) is 9.18 Å². The van der Waals surface area contributed by atoms with Gasteiger partial charge in [0.15, 0.2) is 5.65 Å². The molecular weight excluding hydrogens is 307 g/mol. The minimum absolute atomic E-state index is 0.0805. The van der Waals surface area contributed by atoms with Crippen molar-refractivity contribution < 1.29 is 9.18 Å². The van der Waals surface area contributed by atoms with Gasteiger partial charge in [-0.3, -0.25) is 14.7 Å². The summed E-state index contributed by atoms with van der Waals surface area (Å²) < 4.78 is 15.6. The van der Waals surface area contributed by atoms with Crippen LogP contribution in [0.5, 0.6) is 0 Å². The Balaban J connectivity index is 1.56. The molecule has 2 heterocycles. The number of halogens is 1. The SMILES string of the molecule is Cc1ccc2nc(NC(=O)CC3CC(C)(F)C3)n(C3CCC3)c2n1. The first-order valence-corrected chi connectivity index (χ1v) is 8.76. The second-order valence-electron chi connectivity index (χ2n) is 7.63. The monoisotopic (exact) mass is 330 g/mol. The van der Waals surface area contributed by atoms with Crippen LogP contribution in [0.15, 0.2) is 12.1 Å². The molecule has 2 aliphatic rings. The largest absolute Gasteiger partial charge is 0.296 e. The third-order valence-electron chi connectivity index (χ3n) is 5.27. The van der Waals surface area contributed by atoms with Crippen LogP contribution in [0, 0.1) is 12.8 Å². The molecule has 6 heteroatoms. The number of aryl methyl sites for hydroxylation is 1. The summed E-state index contributed by atoms with van der Waals surface area (Å²) in [6.45, 7) is 3.56. The molecule has 128 valence electrons. The molecule has 1 N–H and O–H groups in total. The number of hydrogen-bond acceptors (Lipinski definition) is 3. The number of imidazole rings is 1.